The zero-order valence-electron chi connectivity index (χ0n) is 12.2. The van der Waals surface area contributed by atoms with E-state index in [0.717, 1.165) is 5.82 Å². The Morgan fingerprint density at radius 3 is 2.45 bits per heavy atom. The molecule has 20 heavy (non-hydrogen) atoms. The van der Waals surface area contributed by atoms with Gasteiger partial charge in [-0.05, 0) is 31.9 Å². The van der Waals surface area contributed by atoms with Gasteiger partial charge in [-0.15, -0.1) is 10.2 Å². The maximum absolute atomic E-state index is 11.6. The summed E-state index contributed by atoms with van der Waals surface area (Å²) in [6.45, 7) is 2.48. The van der Waals surface area contributed by atoms with E-state index in [1.54, 1.807) is 6.07 Å². The second-order valence-electron chi connectivity index (χ2n) is 5.35. The van der Waals surface area contributed by atoms with Crippen LogP contribution in [0.2, 0.25) is 0 Å². The van der Waals surface area contributed by atoms with Crippen molar-refractivity contribution in [2.24, 2.45) is 0 Å². The number of rotatable bonds is 4. The molecule has 0 spiro atoms. The zero-order valence-corrected chi connectivity index (χ0v) is 12.2. The lowest BCUT2D eigenvalue weighted by atomic mass is 9.97. The fourth-order valence-electron chi connectivity index (χ4n) is 2.59. The molecule has 0 radical (unpaired) electrons. The molecule has 0 aliphatic heterocycles. The van der Waals surface area contributed by atoms with Crippen LogP contribution in [0.1, 0.15) is 62.4 Å². The Balaban J connectivity index is 1.90. The molecule has 1 saturated carbocycles. The van der Waals surface area contributed by atoms with Crippen LogP contribution in [0.3, 0.4) is 0 Å². The van der Waals surface area contributed by atoms with Crippen LogP contribution in [0.5, 0.6) is 0 Å². The van der Waals surface area contributed by atoms with E-state index in [-0.39, 0.29) is 5.91 Å². The summed E-state index contributed by atoms with van der Waals surface area (Å²) in [5.41, 5.74) is 0.370. The van der Waals surface area contributed by atoms with Crippen molar-refractivity contribution in [1.82, 2.24) is 15.5 Å². The highest BCUT2D eigenvalue weighted by molar-refractivity contribution is 5.92. The second kappa shape index (κ2) is 7.82. The number of carbonyl (C=O) groups excluding carboxylic acids is 1. The van der Waals surface area contributed by atoms with Crippen molar-refractivity contribution in [2.45, 2.75) is 57.9 Å². The van der Waals surface area contributed by atoms with Gasteiger partial charge in [0.25, 0.3) is 5.91 Å². The molecule has 110 valence electrons. The summed E-state index contributed by atoms with van der Waals surface area (Å²) < 4.78 is 0. The molecule has 2 N–H and O–H groups in total. The Hall–Kier alpha value is -1.65. The first-order valence-corrected chi connectivity index (χ1v) is 7.68. The lowest BCUT2D eigenvalue weighted by Gasteiger charge is -2.21. The molecule has 1 fully saturated rings. The minimum absolute atomic E-state index is 0.169. The Kier molecular flexibility index (Phi) is 5.77. The first-order valence-electron chi connectivity index (χ1n) is 7.68. The van der Waals surface area contributed by atoms with E-state index in [0.29, 0.717) is 18.3 Å². The van der Waals surface area contributed by atoms with Crippen LogP contribution in [-0.4, -0.2) is 28.7 Å². The summed E-state index contributed by atoms with van der Waals surface area (Å²) in [5, 5.41) is 14.2. The van der Waals surface area contributed by atoms with Crippen LogP contribution in [-0.2, 0) is 0 Å². The molecule has 1 amide bonds. The fourth-order valence-corrected chi connectivity index (χ4v) is 2.59. The van der Waals surface area contributed by atoms with Crippen molar-refractivity contribution in [2.75, 3.05) is 11.9 Å². The number of anilines is 1. The Morgan fingerprint density at radius 1 is 1.15 bits per heavy atom. The third kappa shape index (κ3) is 4.47. The molecule has 2 rings (SSSR count). The molecule has 0 unspecified atom stereocenters. The van der Waals surface area contributed by atoms with E-state index < -0.39 is 0 Å². The SMILES string of the molecule is CCNC(=O)c1ccc(NC2CCCCCCC2)nn1. The third-order valence-corrected chi connectivity index (χ3v) is 3.69. The Labute approximate surface area is 120 Å². The minimum atomic E-state index is -0.169. The summed E-state index contributed by atoms with van der Waals surface area (Å²) in [4.78, 5) is 11.6. The van der Waals surface area contributed by atoms with Crippen molar-refractivity contribution < 1.29 is 4.79 Å². The summed E-state index contributed by atoms with van der Waals surface area (Å²) >= 11 is 0. The van der Waals surface area contributed by atoms with E-state index in [4.69, 9.17) is 0 Å². The van der Waals surface area contributed by atoms with Gasteiger partial charge < -0.3 is 10.6 Å². The molecule has 5 heteroatoms. The quantitative estimate of drug-likeness (QED) is 0.887. The maximum atomic E-state index is 11.6. The highest BCUT2D eigenvalue weighted by Gasteiger charge is 2.12. The molecular formula is C15H24N4O. The van der Waals surface area contributed by atoms with Gasteiger partial charge in [0, 0.05) is 12.6 Å². The van der Waals surface area contributed by atoms with Crippen molar-refractivity contribution in [3.8, 4) is 0 Å². The van der Waals surface area contributed by atoms with Crippen molar-refractivity contribution in [3.05, 3.63) is 17.8 Å². The van der Waals surface area contributed by atoms with Crippen LogP contribution in [0, 0.1) is 0 Å². The molecular weight excluding hydrogens is 252 g/mol. The smallest absolute Gasteiger partial charge is 0.271 e. The zero-order chi connectivity index (χ0) is 14.2. The molecule has 0 aromatic carbocycles. The normalized spacial score (nSPS) is 17.1. The van der Waals surface area contributed by atoms with E-state index in [9.17, 15) is 4.79 Å². The minimum Gasteiger partial charge on any atom is -0.366 e. The summed E-state index contributed by atoms with van der Waals surface area (Å²) in [6, 6.07) is 4.06. The van der Waals surface area contributed by atoms with Crippen LogP contribution in [0.25, 0.3) is 0 Å². The van der Waals surface area contributed by atoms with Gasteiger partial charge in [0.1, 0.15) is 5.82 Å². The third-order valence-electron chi connectivity index (χ3n) is 3.69. The van der Waals surface area contributed by atoms with Crippen LogP contribution in [0.15, 0.2) is 12.1 Å². The van der Waals surface area contributed by atoms with E-state index >= 15 is 0 Å². The van der Waals surface area contributed by atoms with E-state index in [2.05, 4.69) is 20.8 Å². The van der Waals surface area contributed by atoms with E-state index in [1.807, 2.05) is 13.0 Å². The standard InChI is InChI=1S/C15H24N4O/c1-2-16-15(20)13-10-11-14(19-18-13)17-12-8-6-4-3-5-7-9-12/h10-12H,2-9H2,1H3,(H,16,20)(H,17,19). The first-order chi connectivity index (χ1) is 9.79. The molecule has 1 aliphatic carbocycles. The molecule has 1 aliphatic rings. The van der Waals surface area contributed by atoms with Gasteiger partial charge >= 0.3 is 0 Å². The lowest BCUT2D eigenvalue weighted by molar-refractivity contribution is 0.0950. The van der Waals surface area contributed by atoms with Crippen LogP contribution >= 0.6 is 0 Å². The van der Waals surface area contributed by atoms with Crippen molar-refractivity contribution in [3.63, 3.8) is 0 Å². The van der Waals surface area contributed by atoms with Crippen LogP contribution in [0.4, 0.5) is 5.82 Å². The molecule has 1 aromatic rings. The molecule has 0 bridgehead atoms. The monoisotopic (exact) mass is 276 g/mol. The predicted molar refractivity (Wildman–Crippen MR) is 79.8 cm³/mol. The molecule has 0 atom stereocenters. The second-order valence-corrected chi connectivity index (χ2v) is 5.35. The number of nitrogens with one attached hydrogen (secondary N) is 2. The largest absolute Gasteiger partial charge is 0.366 e. The first kappa shape index (κ1) is 14.8. The Bertz CT molecular complexity index is 410. The maximum Gasteiger partial charge on any atom is 0.271 e. The summed E-state index contributed by atoms with van der Waals surface area (Å²) in [6.07, 6.45) is 8.98. The van der Waals surface area contributed by atoms with Gasteiger partial charge in [0.2, 0.25) is 0 Å². The van der Waals surface area contributed by atoms with Crippen LogP contribution < -0.4 is 10.6 Å². The average molecular weight is 276 g/mol. The number of nitrogens with zero attached hydrogens (tertiary/aromatic N) is 2. The van der Waals surface area contributed by atoms with Gasteiger partial charge in [0.15, 0.2) is 5.69 Å². The molecule has 1 aromatic heterocycles. The predicted octanol–water partition coefficient (Wildman–Crippen LogP) is 2.75. The van der Waals surface area contributed by atoms with Crippen molar-refractivity contribution in [1.29, 1.82) is 0 Å². The van der Waals surface area contributed by atoms with E-state index in [1.165, 1.54) is 44.9 Å². The highest BCUT2D eigenvalue weighted by atomic mass is 16.1. The number of aromatic nitrogens is 2. The average Bonchev–Trinajstić information content (AvgIpc) is 2.43. The number of hydrogen-bond acceptors (Lipinski definition) is 4. The number of carbonyl (C=O) groups is 1. The van der Waals surface area contributed by atoms with Gasteiger partial charge in [-0.3, -0.25) is 4.79 Å². The Morgan fingerprint density at radius 2 is 1.85 bits per heavy atom. The highest BCUT2D eigenvalue weighted by Crippen LogP contribution is 2.19. The number of amides is 1. The van der Waals surface area contributed by atoms with Gasteiger partial charge in [-0.2, -0.15) is 0 Å². The molecule has 1 heterocycles. The van der Waals surface area contributed by atoms with Gasteiger partial charge in [0.05, 0.1) is 0 Å². The summed E-state index contributed by atoms with van der Waals surface area (Å²) in [7, 11) is 0. The van der Waals surface area contributed by atoms with Crippen molar-refractivity contribution >= 4 is 11.7 Å². The summed E-state index contributed by atoms with van der Waals surface area (Å²) in [5.74, 6) is 0.598. The fraction of sp³-hybridized carbons (Fsp3) is 0.667. The lowest BCUT2D eigenvalue weighted by Crippen LogP contribution is -2.25. The number of hydrogen-bond donors (Lipinski definition) is 2. The topological polar surface area (TPSA) is 66.9 Å². The molecule has 0 saturated heterocycles. The van der Waals surface area contributed by atoms with Gasteiger partial charge in [-0.1, -0.05) is 32.1 Å². The molecule has 5 nitrogen and oxygen atoms in total. The van der Waals surface area contributed by atoms with Gasteiger partial charge in [-0.25, -0.2) is 0 Å².